The highest BCUT2D eigenvalue weighted by Crippen LogP contribution is 2.18. The highest BCUT2D eigenvalue weighted by atomic mass is 16.5. The van der Waals surface area contributed by atoms with Gasteiger partial charge in [0.1, 0.15) is 5.75 Å². The van der Waals surface area contributed by atoms with Gasteiger partial charge in [0.25, 0.3) is 0 Å². The molecule has 0 N–H and O–H groups in total. The monoisotopic (exact) mass is 355 g/mol. The van der Waals surface area contributed by atoms with Crippen molar-refractivity contribution in [2.24, 2.45) is 0 Å². The van der Waals surface area contributed by atoms with Crippen LogP contribution < -0.4 is 9.75 Å². The van der Waals surface area contributed by atoms with Gasteiger partial charge in [0.05, 0.1) is 13.2 Å². The lowest BCUT2D eigenvalue weighted by atomic mass is 10.0. The predicted molar refractivity (Wildman–Crippen MR) is 104 cm³/mol. The van der Waals surface area contributed by atoms with Crippen LogP contribution >= 0.6 is 0 Å². The van der Waals surface area contributed by atoms with Crippen molar-refractivity contribution in [2.75, 3.05) is 31.8 Å². The average molecular weight is 355 g/mol. The van der Waals surface area contributed by atoms with Crippen molar-refractivity contribution < 1.29 is 9.53 Å². The van der Waals surface area contributed by atoms with Crippen molar-refractivity contribution in [1.82, 2.24) is 9.58 Å². The van der Waals surface area contributed by atoms with E-state index in [1.807, 2.05) is 53.3 Å². The van der Waals surface area contributed by atoms with E-state index < -0.39 is 0 Å². The second kappa shape index (κ2) is 8.90. The van der Waals surface area contributed by atoms with Crippen LogP contribution in [-0.4, -0.2) is 48.3 Å². The molecule has 0 atom stereocenters. The summed E-state index contributed by atoms with van der Waals surface area (Å²) in [4.78, 5) is 14.9. The van der Waals surface area contributed by atoms with Crippen molar-refractivity contribution in [1.29, 1.82) is 0 Å². The fourth-order valence-corrected chi connectivity index (χ4v) is 3.62. The molecule has 26 heavy (non-hydrogen) atoms. The van der Waals surface area contributed by atoms with Crippen molar-refractivity contribution in [3.8, 4) is 5.75 Å². The summed E-state index contributed by atoms with van der Waals surface area (Å²) in [5, 5.41) is 1.95. The highest BCUT2D eigenvalue weighted by molar-refractivity contribution is 5.86. The molecular formula is C21H29N3O2. The number of likely N-dealkylation sites (tertiary alicyclic amines) is 1. The molecule has 140 valence electrons. The zero-order valence-corrected chi connectivity index (χ0v) is 15.8. The van der Waals surface area contributed by atoms with Crippen LogP contribution in [-0.2, 0) is 11.2 Å². The Labute approximate surface area is 156 Å². The van der Waals surface area contributed by atoms with Gasteiger partial charge in [-0.05, 0) is 49.1 Å². The molecule has 0 spiro atoms. The third-order valence-corrected chi connectivity index (χ3v) is 5.17. The third kappa shape index (κ3) is 4.47. The summed E-state index contributed by atoms with van der Waals surface area (Å²) >= 11 is 0. The summed E-state index contributed by atoms with van der Waals surface area (Å²) in [5.74, 6) is 1.10. The fraction of sp³-hybridized carbons (Fsp3) is 0.476. The minimum absolute atomic E-state index is 0.192. The Kier molecular flexibility index (Phi) is 6.34. The standard InChI is InChI=1S/C21H29N3O2/c1-3-21(25)24(23-13-4-5-14-23)19-11-16-22(17-12-19)15-10-18-6-8-20(26-2)9-7-18/h4-9,13-14,19H,3,10-12,15-17H2,1-2H3. The molecule has 0 radical (unpaired) electrons. The number of hydrogen-bond acceptors (Lipinski definition) is 3. The van der Waals surface area contributed by atoms with E-state index in [0.717, 1.165) is 44.6 Å². The molecule has 1 saturated heterocycles. The Bertz CT molecular complexity index is 674. The zero-order chi connectivity index (χ0) is 18.4. The molecule has 2 aromatic rings. The minimum atomic E-state index is 0.192. The van der Waals surface area contributed by atoms with Gasteiger partial charge < -0.3 is 9.64 Å². The summed E-state index contributed by atoms with van der Waals surface area (Å²) < 4.78 is 7.16. The minimum Gasteiger partial charge on any atom is -0.497 e. The lowest BCUT2D eigenvalue weighted by Crippen LogP contribution is -2.52. The smallest absolute Gasteiger partial charge is 0.241 e. The summed E-state index contributed by atoms with van der Waals surface area (Å²) in [6.07, 6.45) is 7.55. The van der Waals surface area contributed by atoms with E-state index in [2.05, 4.69) is 17.0 Å². The largest absolute Gasteiger partial charge is 0.497 e. The Morgan fingerprint density at radius 2 is 1.81 bits per heavy atom. The molecule has 1 aromatic heterocycles. The maximum absolute atomic E-state index is 12.4. The maximum atomic E-state index is 12.4. The number of hydrogen-bond donors (Lipinski definition) is 0. The van der Waals surface area contributed by atoms with E-state index in [-0.39, 0.29) is 11.9 Å². The van der Waals surface area contributed by atoms with Crippen molar-refractivity contribution in [3.05, 3.63) is 54.4 Å². The molecule has 0 bridgehead atoms. The Morgan fingerprint density at radius 3 is 2.38 bits per heavy atom. The number of benzene rings is 1. The number of methoxy groups -OCH3 is 1. The topological polar surface area (TPSA) is 37.7 Å². The van der Waals surface area contributed by atoms with Crippen LogP contribution in [0.15, 0.2) is 48.8 Å². The lowest BCUT2D eigenvalue weighted by molar-refractivity contribution is -0.120. The van der Waals surface area contributed by atoms with Crippen LogP contribution in [0.1, 0.15) is 31.7 Å². The van der Waals surface area contributed by atoms with Gasteiger partial charge >= 0.3 is 0 Å². The second-order valence-corrected chi connectivity index (χ2v) is 6.83. The number of nitrogens with zero attached hydrogens (tertiary/aromatic N) is 3. The fourth-order valence-electron chi connectivity index (χ4n) is 3.62. The Morgan fingerprint density at radius 1 is 1.15 bits per heavy atom. The molecule has 0 unspecified atom stereocenters. The number of carbonyl (C=O) groups excluding carboxylic acids is 1. The van der Waals surface area contributed by atoms with Gasteiger partial charge in [0.15, 0.2) is 0 Å². The summed E-state index contributed by atoms with van der Waals surface area (Å²) in [6.45, 7) is 5.07. The second-order valence-electron chi connectivity index (χ2n) is 6.83. The number of piperidine rings is 1. The van der Waals surface area contributed by atoms with E-state index in [0.29, 0.717) is 6.42 Å². The molecule has 1 fully saturated rings. The third-order valence-electron chi connectivity index (χ3n) is 5.17. The highest BCUT2D eigenvalue weighted by Gasteiger charge is 2.28. The van der Waals surface area contributed by atoms with E-state index in [1.165, 1.54) is 5.56 Å². The zero-order valence-electron chi connectivity index (χ0n) is 15.8. The van der Waals surface area contributed by atoms with Gasteiger partial charge in [0, 0.05) is 38.4 Å². The van der Waals surface area contributed by atoms with Crippen LogP contribution in [0.2, 0.25) is 0 Å². The molecule has 1 aliphatic rings. The molecule has 1 amide bonds. The first kappa shape index (κ1) is 18.5. The first-order valence-electron chi connectivity index (χ1n) is 9.52. The van der Waals surface area contributed by atoms with Crippen LogP contribution in [0.4, 0.5) is 0 Å². The number of rotatable bonds is 7. The molecule has 0 aliphatic carbocycles. The van der Waals surface area contributed by atoms with Gasteiger partial charge in [-0.2, -0.15) is 0 Å². The van der Waals surface area contributed by atoms with E-state index >= 15 is 0 Å². The molecule has 0 saturated carbocycles. The summed E-state index contributed by atoms with van der Waals surface area (Å²) in [7, 11) is 1.69. The Hall–Kier alpha value is -2.27. The molecular weight excluding hydrogens is 326 g/mol. The van der Waals surface area contributed by atoms with Gasteiger partial charge in [-0.1, -0.05) is 19.1 Å². The molecule has 3 rings (SSSR count). The summed E-state index contributed by atoms with van der Waals surface area (Å²) in [6, 6.07) is 12.5. The molecule has 1 aromatic carbocycles. The average Bonchev–Trinajstić information content (AvgIpc) is 3.22. The number of aromatic nitrogens is 1. The van der Waals surface area contributed by atoms with E-state index in [1.54, 1.807) is 7.11 Å². The van der Waals surface area contributed by atoms with Crippen LogP contribution in [0, 0.1) is 0 Å². The van der Waals surface area contributed by atoms with Crippen molar-refractivity contribution >= 4 is 5.91 Å². The lowest BCUT2D eigenvalue weighted by Gasteiger charge is -2.38. The molecule has 5 nitrogen and oxygen atoms in total. The SMILES string of the molecule is CCC(=O)N(C1CCN(CCc2ccc(OC)cc2)CC1)n1cccc1. The van der Waals surface area contributed by atoms with Gasteiger partial charge in [-0.15, -0.1) is 0 Å². The Balaban J connectivity index is 1.52. The van der Waals surface area contributed by atoms with Gasteiger partial charge in [0.2, 0.25) is 5.91 Å². The van der Waals surface area contributed by atoms with Crippen LogP contribution in [0.25, 0.3) is 0 Å². The number of amides is 1. The van der Waals surface area contributed by atoms with Gasteiger partial charge in [-0.3, -0.25) is 9.47 Å². The van der Waals surface area contributed by atoms with Gasteiger partial charge in [-0.25, -0.2) is 5.01 Å². The summed E-state index contributed by atoms with van der Waals surface area (Å²) in [5.41, 5.74) is 1.34. The van der Waals surface area contributed by atoms with Crippen LogP contribution in [0.3, 0.4) is 0 Å². The molecule has 5 heteroatoms. The predicted octanol–water partition coefficient (Wildman–Crippen LogP) is 3.08. The maximum Gasteiger partial charge on any atom is 0.241 e. The first-order valence-corrected chi connectivity index (χ1v) is 9.52. The number of ether oxygens (including phenoxy) is 1. The number of carbonyl (C=O) groups is 1. The first-order chi connectivity index (χ1) is 12.7. The normalized spacial score (nSPS) is 15.8. The molecule has 2 heterocycles. The molecule has 1 aliphatic heterocycles. The van der Waals surface area contributed by atoms with Crippen LogP contribution in [0.5, 0.6) is 5.75 Å². The van der Waals surface area contributed by atoms with E-state index in [4.69, 9.17) is 4.74 Å². The van der Waals surface area contributed by atoms with Crippen molar-refractivity contribution in [3.63, 3.8) is 0 Å². The quantitative estimate of drug-likeness (QED) is 0.766. The van der Waals surface area contributed by atoms with Crippen molar-refractivity contribution in [2.45, 2.75) is 38.6 Å². The van der Waals surface area contributed by atoms with E-state index in [9.17, 15) is 4.79 Å².